The van der Waals surface area contributed by atoms with Gasteiger partial charge in [-0.15, -0.1) is 0 Å². The van der Waals surface area contributed by atoms with Crippen LogP contribution in [0.2, 0.25) is 0 Å². The number of hydrogen-bond donors (Lipinski definition) is 0. The third kappa shape index (κ3) is 5.12. The summed E-state index contributed by atoms with van der Waals surface area (Å²) >= 11 is 0. The second-order valence-corrected chi connectivity index (χ2v) is 4.92. The Morgan fingerprint density at radius 3 is 2.15 bits per heavy atom. The monoisotopic (exact) mass is 372 g/mol. The Hall–Kier alpha value is -3.74. The predicted molar refractivity (Wildman–Crippen MR) is 93.7 cm³/mol. The Kier molecular flexibility index (Phi) is 6.60. The van der Waals surface area contributed by atoms with E-state index in [0.29, 0.717) is 11.3 Å². The van der Waals surface area contributed by atoms with Gasteiger partial charge in [-0.1, -0.05) is 25.3 Å². The summed E-state index contributed by atoms with van der Waals surface area (Å²) in [7, 11) is 0. The fourth-order valence-corrected chi connectivity index (χ4v) is 1.95. The maximum absolute atomic E-state index is 14.3. The third-order valence-corrected chi connectivity index (χ3v) is 3.20. The number of halogens is 2. The molecule has 0 aliphatic carbocycles. The molecule has 2 rings (SSSR count). The van der Waals surface area contributed by atoms with Crippen LogP contribution in [0.1, 0.15) is 0 Å². The molecule has 0 aliphatic rings. The Morgan fingerprint density at radius 2 is 1.52 bits per heavy atom. The quantitative estimate of drug-likeness (QED) is 0.314. The van der Waals surface area contributed by atoms with Gasteiger partial charge >= 0.3 is 11.9 Å². The molecular weight excluding hydrogens is 358 g/mol. The number of ether oxygens (including phenoxy) is 3. The van der Waals surface area contributed by atoms with Gasteiger partial charge in [-0.3, -0.25) is 0 Å². The average Bonchev–Trinajstić information content (AvgIpc) is 2.69. The molecule has 0 unspecified atom stereocenters. The van der Waals surface area contributed by atoms with Crippen molar-refractivity contribution >= 4 is 11.9 Å². The van der Waals surface area contributed by atoms with Crippen molar-refractivity contribution in [3.8, 4) is 22.6 Å². The average molecular weight is 372 g/mol. The van der Waals surface area contributed by atoms with E-state index in [2.05, 4.69) is 22.6 Å². The van der Waals surface area contributed by atoms with Gasteiger partial charge in [0.2, 0.25) is 5.82 Å². The zero-order valence-electron chi connectivity index (χ0n) is 14.0. The van der Waals surface area contributed by atoms with Gasteiger partial charge in [-0.05, 0) is 29.8 Å². The van der Waals surface area contributed by atoms with E-state index in [4.69, 9.17) is 4.74 Å². The van der Waals surface area contributed by atoms with Crippen LogP contribution in [0.5, 0.6) is 11.5 Å². The van der Waals surface area contributed by atoms with Crippen LogP contribution in [0, 0.1) is 11.6 Å². The van der Waals surface area contributed by atoms with Crippen molar-refractivity contribution in [2.45, 2.75) is 0 Å². The molecule has 0 saturated carbocycles. The lowest BCUT2D eigenvalue weighted by atomic mass is 10.0. The summed E-state index contributed by atoms with van der Waals surface area (Å²) in [5.74, 6) is -4.12. The summed E-state index contributed by atoms with van der Waals surface area (Å²) in [6, 6.07) is 8.47. The topological polar surface area (TPSA) is 61.8 Å². The van der Waals surface area contributed by atoms with Gasteiger partial charge in [0.1, 0.15) is 18.3 Å². The number of hydrogen-bond acceptors (Lipinski definition) is 5. The van der Waals surface area contributed by atoms with Crippen molar-refractivity contribution in [2.24, 2.45) is 0 Å². The normalized spacial score (nSPS) is 10.3. The zero-order valence-corrected chi connectivity index (χ0v) is 14.0. The van der Waals surface area contributed by atoms with Gasteiger partial charge in [-0.2, -0.15) is 4.39 Å². The van der Waals surface area contributed by atoms with Gasteiger partial charge in [0.05, 0.1) is 0 Å². The number of rotatable bonds is 7. The molecule has 0 bridgehead atoms. The predicted octanol–water partition coefficient (Wildman–Crippen LogP) is 4.30. The Balaban J connectivity index is 2.13. The zero-order chi connectivity index (χ0) is 19.8. The highest BCUT2D eigenvalue weighted by Crippen LogP contribution is 2.31. The summed E-state index contributed by atoms with van der Waals surface area (Å²) < 4.78 is 42.7. The highest BCUT2D eigenvalue weighted by Gasteiger charge is 2.17. The van der Waals surface area contributed by atoms with Crippen molar-refractivity contribution in [1.82, 2.24) is 0 Å². The third-order valence-electron chi connectivity index (χ3n) is 3.20. The minimum atomic E-state index is -1.28. The largest absolute Gasteiger partial charge is 0.462 e. The van der Waals surface area contributed by atoms with Crippen molar-refractivity contribution in [1.29, 1.82) is 0 Å². The number of carbonyl (C=O) groups is 2. The summed E-state index contributed by atoms with van der Waals surface area (Å²) in [4.78, 5) is 22.0. The van der Waals surface area contributed by atoms with E-state index in [1.54, 1.807) is 0 Å². The van der Waals surface area contributed by atoms with E-state index < -0.39 is 29.3 Å². The van der Waals surface area contributed by atoms with Gasteiger partial charge < -0.3 is 14.2 Å². The second kappa shape index (κ2) is 9.10. The van der Waals surface area contributed by atoms with Crippen molar-refractivity contribution in [2.75, 3.05) is 0 Å². The lowest BCUT2D eigenvalue weighted by molar-refractivity contribution is -0.132. The van der Waals surface area contributed by atoms with E-state index in [0.717, 1.165) is 30.7 Å². The van der Waals surface area contributed by atoms with E-state index in [1.807, 2.05) is 0 Å². The van der Waals surface area contributed by atoms with E-state index >= 15 is 0 Å². The Morgan fingerprint density at radius 1 is 0.852 bits per heavy atom. The van der Waals surface area contributed by atoms with E-state index in [1.165, 1.54) is 30.3 Å². The first-order valence-corrected chi connectivity index (χ1v) is 7.53. The van der Waals surface area contributed by atoms with Gasteiger partial charge in [0.25, 0.3) is 0 Å². The maximum atomic E-state index is 14.3. The molecule has 138 valence electrons. The van der Waals surface area contributed by atoms with Crippen LogP contribution in [0.15, 0.2) is 74.2 Å². The van der Waals surface area contributed by atoms with Crippen molar-refractivity contribution in [3.63, 3.8) is 0 Å². The Bertz CT molecular complexity index is 901. The summed E-state index contributed by atoms with van der Waals surface area (Å²) in [5.41, 5.74) is 0.357. The van der Waals surface area contributed by atoms with Crippen LogP contribution >= 0.6 is 0 Å². The molecule has 2 aromatic rings. The molecule has 0 amide bonds. The fraction of sp³-hybridized carbons (Fsp3) is 0. The molecule has 0 aromatic heterocycles. The maximum Gasteiger partial charge on any atom is 0.335 e. The lowest BCUT2D eigenvalue weighted by Crippen LogP contribution is -2.06. The fourth-order valence-electron chi connectivity index (χ4n) is 1.95. The molecule has 0 saturated heterocycles. The van der Waals surface area contributed by atoms with Crippen molar-refractivity contribution in [3.05, 3.63) is 85.9 Å². The molecule has 2 aromatic carbocycles. The molecule has 0 fully saturated rings. The molecule has 0 aliphatic heterocycles. The first kappa shape index (κ1) is 19.6. The van der Waals surface area contributed by atoms with Crippen LogP contribution in [0.3, 0.4) is 0 Å². The standard InChI is InChI=1S/C20H14F2O5/c1-3-17(23)26-12-11-25-14-7-5-13(6-8-14)15-9-10-16(20(22)19(15)21)27-18(24)4-2/h3-12H,1-2H2. The minimum absolute atomic E-state index is 0.0205. The van der Waals surface area contributed by atoms with Gasteiger partial charge in [0.15, 0.2) is 11.6 Å². The molecule has 5 nitrogen and oxygen atoms in total. The SMILES string of the molecule is C=CC(=O)OC=COc1ccc(-c2ccc(OC(=O)C=C)c(F)c2F)cc1. The molecule has 0 heterocycles. The van der Waals surface area contributed by atoms with E-state index in [9.17, 15) is 18.4 Å². The van der Waals surface area contributed by atoms with Crippen molar-refractivity contribution < 1.29 is 32.6 Å². The Labute approximate surface area is 153 Å². The molecule has 0 atom stereocenters. The van der Waals surface area contributed by atoms with Crippen LogP contribution in [0.25, 0.3) is 11.1 Å². The molecule has 7 heteroatoms. The lowest BCUT2D eigenvalue weighted by Gasteiger charge is -2.09. The van der Waals surface area contributed by atoms with Gasteiger partial charge in [0, 0.05) is 17.7 Å². The molecule has 27 heavy (non-hydrogen) atoms. The van der Waals surface area contributed by atoms with Crippen LogP contribution in [0.4, 0.5) is 8.78 Å². The number of esters is 2. The molecular formula is C20H14F2O5. The molecule has 0 spiro atoms. The minimum Gasteiger partial charge on any atom is -0.462 e. The van der Waals surface area contributed by atoms with Crippen LogP contribution < -0.4 is 9.47 Å². The number of benzene rings is 2. The number of carbonyl (C=O) groups excluding carboxylic acids is 2. The highest BCUT2D eigenvalue weighted by atomic mass is 19.2. The molecule has 0 N–H and O–H groups in total. The van der Waals surface area contributed by atoms with E-state index in [-0.39, 0.29) is 5.56 Å². The second-order valence-electron chi connectivity index (χ2n) is 4.92. The van der Waals surface area contributed by atoms with Crippen LogP contribution in [-0.4, -0.2) is 11.9 Å². The summed E-state index contributed by atoms with van der Waals surface area (Å²) in [6.45, 7) is 6.42. The summed E-state index contributed by atoms with van der Waals surface area (Å²) in [6.07, 6.45) is 4.02. The summed E-state index contributed by atoms with van der Waals surface area (Å²) in [5, 5.41) is 0. The highest BCUT2D eigenvalue weighted by molar-refractivity contribution is 5.83. The van der Waals surface area contributed by atoms with Gasteiger partial charge in [-0.25, -0.2) is 14.0 Å². The smallest absolute Gasteiger partial charge is 0.335 e. The molecule has 0 radical (unpaired) electrons. The first-order valence-electron chi connectivity index (χ1n) is 7.53. The first-order chi connectivity index (χ1) is 13.0. The van der Waals surface area contributed by atoms with Crippen LogP contribution in [-0.2, 0) is 14.3 Å².